The van der Waals surface area contributed by atoms with E-state index in [2.05, 4.69) is 36.1 Å². The third-order valence-corrected chi connectivity index (χ3v) is 4.26. The Hall–Kier alpha value is -0.120. The molecule has 19 heavy (non-hydrogen) atoms. The van der Waals surface area contributed by atoms with E-state index in [-0.39, 0.29) is 0 Å². The molecule has 1 rings (SSSR count). The first kappa shape index (κ1) is 16.9. The summed E-state index contributed by atoms with van der Waals surface area (Å²) in [4.78, 5) is 5.05. The number of unbranched alkanes of at least 4 members (excludes halogenated alkanes) is 3. The standard InChI is InChI=1S/C16H35N3/c1-4-11-17-12-7-5-6-8-13-18(2)15-16-10-9-14-19(16)3/h16-17H,4-15H2,1-3H3. The van der Waals surface area contributed by atoms with Crippen LogP contribution in [0.1, 0.15) is 51.9 Å². The molecule has 1 unspecified atom stereocenters. The number of hydrogen-bond donors (Lipinski definition) is 1. The molecule has 0 aromatic carbocycles. The maximum Gasteiger partial charge on any atom is 0.0220 e. The molecule has 0 aromatic rings. The number of likely N-dealkylation sites (N-methyl/N-ethyl adjacent to an activating group) is 2. The van der Waals surface area contributed by atoms with Crippen LogP contribution in [-0.2, 0) is 0 Å². The molecule has 1 heterocycles. The predicted molar refractivity (Wildman–Crippen MR) is 84.8 cm³/mol. The molecule has 0 spiro atoms. The van der Waals surface area contributed by atoms with Gasteiger partial charge in [0.25, 0.3) is 0 Å². The van der Waals surface area contributed by atoms with E-state index in [1.807, 2.05) is 0 Å². The van der Waals surface area contributed by atoms with E-state index in [1.54, 1.807) is 0 Å². The van der Waals surface area contributed by atoms with Crippen LogP contribution in [-0.4, -0.2) is 62.7 Å². The first-order chi connectivity index (χ1) is 9.24. The highest BCUT2D eigenvalue weighted by Crippen LogP contribution is 2.15. The summed E-state index contributed by atoms with van der Waals surface area (Å²) in [5.74, 6) is 0. The van der Waals surface area contributed by atoms with Gasteiger partial charge in [-0.25, -0.2) is 0 Å². The second kappa shape index (κ2) is 10.6. The Morgan fingerprint density at radius 1 is 1.16 bits per heavy atom. The highest BCUT2D eigenvalue weighted by molar-refractivity contribution is 4.78. The Morgan fingerprint density at radius 2 is 1.95 bits per heavy atom. The summed E-state index contributed by atoms with van der Waals surface area (Å²) in [7, 11) is 4.56. The lowest BCUT2D eigenvalue weighted by atomic mass is 10.1. The SMILES string of the molecule is CCCNCCCCCCN(C)CC1CCCN1C. The van der Waals surface area contributed by atoms with Crippen LogP contribution < -0.4 is 5.32 Å². The maximum absolute atomic E-state index is 3.47. The van der Waals surface area contributed by atoms with E-state index < -0.39 is 0 Å². The lowest BCUT2D eigenvalue weighted by molar-refractivity contribution is 0.217. The zero-order valence-corrected chi connectivity index (χ0v) is 13.5. The first-order valence-electron chi connectivity index (χ1n) is 8.33. The van der Waals surface area contributed by atoms with Crippen molar-refractivity contribution in [1.29, 1.82) is 0 Å². The second-order valence-corrected chi connectivity index (χ2v) is 6.20. The zero-order valence-electron chi connectivity index (χ0n) is 13.5. The summed E-state index contributed by atoms with van der Waals surface area (Å²) >= 11 is 0. The van der Waals surface area contributed by atoms with Crippen molar-refractivity contribution < 1.29 is 0 Å². The average molecular weight is 269 g/mol. The minimum absolute atomic E-state index is 0.809. The van der Waals surface area contributed by atoms with E-state index in [4.69, 9.17) is 0 Å². The van der Waals surface area contributed by atoms with Crippen molar-refractivity contribution in [3.05, 3.63) is 0 Å². The molecule has 1 fully saturated rings. The molecule has 1 saturated heterocycles. The normalized spacial score (nSPS) is 20.5. The zero-order chi connectivity index (χ0) is 13.9. The Kier molecular flexibility index (Phi) is 9.48. The number of nitrogens with one attached hydrogen (secondary N) is 1. The molecule has 0 aliphatic carbocycles. The first-order valence-corrected chi connectivity index (χ1v) is 8.33. The topological polar surface area (TPSA) is 18.5 Å². The molecule has 3 heteroatoms. The van der Waals surface area contributed by atoms with E-state index in [9.17, 15) is 0 Å². The van der Waals surface area contributed by atoms with Crippen molar-refractivity contribution in [2.45, 2.75) is 57.9 Å². The van der Waals surface area contributed by atoms with Crippen LogP contribution >= 0.6 is 0 Å². The van der Waals surface area contributed by atoms with Crippen molar-refractivity contribution in [2.75, 3.05) is 46.8 Å². The Labute approximate surface area is 120 Å². The fraction of sp³-hybridized carbons (Fsp3) is 1.00. The monoisotopic (exact) mass is 269 g/mol. The molecule has 1 atom stereocenters. The van der Waals surface area contributed by atoms with Gasteiger partial charge in [-0.1, -0.05) is 19.8 Å². The smallest absolute Gasteiger partial charge is 0.0220 e. The number of nitrogens with zero attached hydrogens (tertiary/aromatic N) is 2. The molecule has 0 bridgehead atoms. The number of likely N-dealkylation sites (tertiary alicyclic amines) is 1. The van der Waals surface area contributed by atoms with Gasteiger partial charge in [-0.05, 0) is 72.4 Å². The fourth-order valence-corrected chi connectivity index (χ4v) is 2.95. The number of hydrogen-bond acceptors (Lipinski definition) is 3. The fourth-order valence-electron chi connectivity index (χ4n) is 2.95. The van der Waals surface area contributed by atoms with Gasteiger partial charge in [0.05, 0.1) is 0 Å². The van der Waals surface area contributed by atoms with Gasteiger partial charge in [0.1, 0.15) is 0 Å². The van der Waals surface area contributed by atoms with Gasteiger partial charge in [0, 0.05) is 12.6 Å². The summed E-state index contributed by atoms with van der Waals surface area (Å²) in [6.07, 6.45) is 9.51. The van der Waals surface area contributed by atoms with E-state index in [0.29, 0.717) is 0 Å². The molecule has 1 aliphatic heterocycles. The van der Waals surface area contributed by atoms with Crippen molar-refractivity contribution in [3.8, 4) is 0 Å². The molecule has 0 saturated carbocycles. The van der Waals surface area contributed by atoms with Gasteiger partial charge in [-0.3, -0.25) is 0 Å². The van der Waals surface area contributed by atoms with Gasteiger partial charge in [0.15, 0.2) is 0 Å². The lowest BCUT2D eigenvalue weighted by Gasteiger charge is -2.25. The molecule has 0 aromatic heterocycles. The van der Waals surface area contributed by atoms with Gasteiger partial charge < -0.3 is 15.1 Å². The molecular weight excluding hydrogens is 234 g/mol. The van der Waals surface area contributed by atoms with Crippen molar-refractivity contribution in [1.82, 2.24) is 15.1 Å². The molecule has 1 N–H and O–H groups in total. The van der Waals surface area contributed by atoms with Crippen LogP contribution in [0.3, 0.4) is 0 Å². The van der Waals surface area contributed by atoms with Crippen LogP contribution in [0.5, 0.6) is 0 Å². The van der Waals surface area contributed by atoms with Crippen molar-refractivity contribution >= 4 is 0 Å². The predicted octanol–water partition coefficient (Wildman–Crippen LogP) is 2.57. The number of rotatable bonds is 11. The highest BCUT2D eigenvalue weighted by Gasteiger charge is 2.21. The van der Waals surface area contributed by atoms with E-state index >= 15 is 0 Å². The van der Waals surface area contributed by atoms with Crippen LogP contribution in [0.25, 0.3) is 0 Å². The largest absolute Gasteiger partial charge is 0.317 e. The third-order valence-electron chi connectivity index (χ3n) is 4.26. The van der Waals surface area contributed by atoms with E-state index in [1.165, 1.54) is 77.7 Å². The quantitative estimate of drug-likeness (QED) is 0.582. The molecule has 0 radical (unpaired) electrons. The molecule has 1 aliphatic rings. The van der Waals surface area contributed by atoms with Gasteiger partial charge in [-0.2, -0.15) is 0 Å². The van der Waals surface area contributed by atoms with Crippen LogP contribution in [0.2, 0.25) is 0 Å². The summed E-state index contributed by atoms with van der Waals surface area (Å²) in [6.45, 7) is 8.43. The lowest BCUT2D eigenvalue weighted by Crippen LogP contribution is -2.37. The van der Waals surface area contributed by atoms with E-state index in [0.717, 1.165) is 6.04 Å². The molecular formula is C16H35N3. The Bertz CT molecular complexity index is 208. The molecule has 3 nitrogen and oxygen atoms in total. The second-order valence-electron chi connectivity index (χ2n) is 6.20. The minimum atomic E-state index is 0.809. The molecule has 0 amide bonds. The maximum atomic E-state index is 3.47. The summed E-state index contributed by atoms with van der Waals surface area (Å²) in [6, 6.07) is 0.809. The van der Waals surface area contributed by atoms with Gasteiger partial charge in [0.2, 0.25) is 0 Å². The van der Waals surface area contributed by atoms with Crippen molar-refractivity contribution in [2.24, 2.45) is 0 Å². The molecule has 114 valence electrons. The average Bonchev–Trinajstić information content (AvgIpc) is 2.78. The minimum Gasteiger partial charge on any atom is -0.317 e. The van der Waals surface area contributed by atoms with Gasteiger partial charge in [-0.15, -0.1) is 0 Å². The van der Waals surface area contributed by atoms with Gasteiger partial charge >= 0.3 is 0 Å². The van der Waals surface area contributed by atoms with Crippen molar-refractivity contribution in [3.63, 3.8) is 0 Å². The van der Waals surface area contributed by atoms with Crippen LogP contribution in [0, 0.1) is 0 Å². The van der Waals surface area contributed by atoms with Crippen LogP contribution in [0.4, 0.5) is 0 Å². The summed E-state index contributed by atoms with van der Waals surface area (Å²) in [5, 5.41) is 3.47. The van der Waals surface area contributed by atoms with Crippen LogP contribution in [0.15, 0.2) is 0 Å². The summed E-state index contributed by atoms with van der Waals surface area (Å²) in [5.41, 5.74) is 0. The highest BCUT2D eigenvalue weighted by atomic mass is 15.2. The Morgan fingerprint density at radius 3 is 2.63 bits per heavy atom. The summed E-state index contributed by atoms with van der Waals surface area (Å²) < 4.78 is 0. The third kappa shape index (κ3) is 7.91. The Balaban J connectivity index is 1.88.